The molecule has 0 N–H and O–H groups in total. The van der Waals surface area contributed by atoms with E-state index in [0.717, 1.165) is 51.3 Å². The number of benzene rings is 2. The van der Waals surface area contributed by atoms with Gasteiger partial charge in [0.25, 0.3) is 0 Å². The largest absolute Gasteiger partial charge is 0.497 e. The molecule has 28 heavy (non-hydrogen) atoms. The van der Waals surface area contributed by atoms with Gasteiger partial charge in [-0.1, -0.05) is 22.0 Å². The van der Waals surface area contributed by atoms with Crippen LogP contribution in [0.5, 0.6) is 11.5 Å². The molecule has 144 valence electrons. The highest BCUT2D eigenvalue weighted by Crippen LogP contribution is 2.30. The Bertz CT molecular complexity index is 1010. The summed E-state index contributed by atoms with van der Waals surface area (Å²) in [6, 6.07) is 11.9. The number of aromatic nitrogens is 2. The molecule has 1 aliphatic heterocycles. The third-order valence-electron chi connectivity index (χ3n) is 4.86. The number of methoxy groups -OCH3 is 2. The van der Waals surface area contributed by atoms with E-state index in [1.807, 2.05) is 42.5 Å². The zero-order valence-electron chi connectivity index (χ0n) is 16.0. The van der Waals surface area contributed by atoms with Gasteiger partial charge in [0.05, 0.1) is 19.7 Å². The molecular weight excluding hydrogens is 418 g/mol. The van der Waals surface area contributed by atoms with Gasteiger partial charge in [0.1, 0.15) is 17.3 Å². The quantitative estimate of drug-likeness (QED) is 0.547. The van der Waals surface area contributed by atoms with Gasteiger partial charge in [-0.15, -0.1) is 0 Å². The fraction of sp³-hybridized carbons (Fsp3) is 0.273. The summed E-state index contributed by atoms with van der Waals surface area (Å²) >= 11 is 3.57. The van der Waals surface area contributed by atoms with E-state index in [4.69, 9.17) is 19.4 Å². The van der Waals surface area contributed by atoms with Gasteiger partial charge in [-0.25, -0.2) is 9.97 Å². The van der Waals surface area contributed by atoms with Crippen molar-refractivity contribution in [3.8, 4) is 11.5 Å². The average molecular weight is 440 g/mol. The van der Waals surface area contributed by atoms with Gasteiger partial charge in [0.15, 0.2) is 5.82 Å². The van der Waals surface area contributed by atoms with E-state index in [2.05, 4.69) is 26.9 Å². The number of ether oxygens (including phenoxy) is 2. The topological polar surface area (TPSA) is 47.5 Å². The van der Waals surface area contributed by atoms with Crippen molar-refractivity contribution in [2.24, 2.45) is 0 Å². The Morgan fingerprint density at radius 2 is 1.64 bits per heavy atom. The summed E-state index contributed by atoms with van der Waals surface area (Å²) in [5.41, 5.74) is 1.92. The third-order valence-corrected chi connectivity index (χ3v) is 5.35. The third kappa shape index (κ3) is 3.97. The predicted molar refractivity (Wildman–Crippen MR) is 117 cm³/mol. The van der Waals surface area contributed by atoms with E-state index in [1.54, 1.807) is 14.2 Å². The van der Waals surface area contributed by atoms with Gasteiger partial charge < -0.3 is 14.4 Å². The van der Waals surface area contributed by atoms with Crippen LogP contribution in [0.1, 0.15) is 24.2 Å². The van der Waals surface area contributed by atoms with Crippen LogP contribution in [0.15, 0.2) is 40.9 Å². The van der Waals surface area contributed by atoms with E-state index in [9.17, 15) is 0 Å². The molecule has 2 heterocycles. The molecule has 0 atom stereocenters. The smallest absolute Gasteiger partial charge is 0.154 e. The lowest BCUT2D eigenvalue weighted by Crippen LogP contribution is -2.20. The van der Waals surface area contributed by atoms with Crippen LogP contribution in [0, 0.1) is 0 Å². The lowest BCUT2D eigenvalue weighted by atomic mass is 10.1. The first-order valence-electron chi connectivity index (χ1n) is 9.29. The summed E-state index contributed by atoms with van der Waals surface area (Å²) in [6.45, 7) is 2.07. The van der Waals surface area contributed by atoms with Crippen LogP contribution in [-0.4, -0.2) is 37.3 Å². The highest BCUT2D eigenvalue weighted by atomic mass is 79.9. The molecule has 0 radical (unpaired) electrons. The molecule has 0 bridgehead atoms. The zero-order chi connectivity index (χ0) is 19.5. The molecule has 6 heteroatoms. The summed E-state index contributed by atoms with van der Waals surface area (Å²) in [6.07, 6.45) is 6.33. The van der Waals surface area contributed by atoms with Crippen LogP contribution >= 0.6 is 15.9 Å². The number of rotatable bonds is 5. The molecule has 0 aliphatic carbocycles. The lowest BCUT2D eigenvalue weighted by Gasteiger charge is -2.19. The van der Waals surface area contributed by atoms with Crippen molar-refractivity contribution in [1.82, 2.24) is 9.97 Å². The van der Waals surface area contributed by atoms with Crippen molar-refractivity contribution in [3.63, 3.8) is 0 Å². The second-order valence-electron chi connectivity index (χ2n) is 6.74. The second-order valence-corrected chi connectivity index (χ2v) is 7.66. The van der Waals surface area contributed by atoms with E-state index in [0.29, 0.717) is 5.82 Å². The van der Waals surface area contributed by atoms with E-state index < -0.39 is 0 Å². The number of nitrogens with zero attached hydrogens (tertiary/aromatic N) is 3. The number of hydrogen-bond donors (Lipinski definition) is 0. The van der Waals surface area contributed by atoms with Gasteiger partial charge in [-0.3, -0.25) is 0 Å². The summed E-state index contributed by atoms with van der Waals surface area (Å²) < 4.78 is 11.7. The summed E-state index contributed by atoms with van der Waals surface area (Å²) in [5.74, 6) is 3.20. The minimum absolute atomic E-state index is 0.693. The van der Waals surface area contributed by atoms with Crippen LogP contribution in [0.25, 0.3) is 23.1 Å². The van der Waals surface area contributed by atoms with E-state index >= 15 is 0 Å². The Morgan fingerprint density at radius 3 is 2.32 bits per heavy atom. The molecule has 5 nitrogen and oxygen atoms in total. The Morgan fingerprint density at radius 1 is 0.929 bits per heavy atom. The van der Waals surface area contributed by atoms with Crippen LogP contribution in [0.3, 0.4) is 0 Å². The molecule has 1 aliphatic rings. The first-order valence-corrected chi connectivity index (χ1v) is 10.1. The number of anilines is 1. The van der Waals surface area contributed by atoms with Gasteiger partial charge in [0.2, 0.25) is 0 Å². The average Bonchev–Trinajstić information content (AvgIpc) is 3.26. The van der Waals surface area contributed by atoms with Gasteiger partial charge in [0, 0.05) is 29.0 Å². The monoisotopic (exact) mass is 439 g/mol. The first kappa shape index (κ1) is 18.7. The molecule has 4 rings (SSSR count). The van der Waals surface area contributed by atoms with Crippen molar-refractivity contribution < 1.29 is 9.47 Å². The molecule has 1 aromatic heterocycles. The highest BCUT2D eigenvalue weighted by molar-refractivity contribution is 9.10. The van der Waals surface area contributed by atoms with Gasteiger partial charge >= 0.3 is 0 Å². The van der Waals surface area contributed by atoms with Crippen molar-refractivity contribution >= 4 is 44.8 Å². The summed E-state index contributed by atoms with van der Waals surface area (Å²) in [4.78, 5) is 12.0. The summed E-state index contributed by atoms with van der Waals surface area (Å²) in [7, 11) is 3.30. The Hall–Kier alpha value is -2.60. The molecule has 2 aromatic carbocycles. The zero-order valence-corrected chi connectivity index (χ0v) is 17.6. The van der Waals surface area contributed by atoms with E-state index in [-0.39, 0.29) is 0 Å². The van der Waals surface area contributed by atoms with Gasteiger partial charge in [-0.2, -0.15) is 0 Å². The Labute approximate surface area is 173 Å². The first-order chi connectivity index (χ1) is 13.7. The van der Waals surface area contributed by atoms with Crippen LogP contribution in [0.4, 0.5) is 5.82 Å². The molecule has 1 fully saturated rings. The maximum absolute atomic E-state index is 5.35. The summed E-state index contributed by atoms with van der Waals surface area (Å²) in [5, 5.41) is 1.08. The van der Waals surface area contributed by atoms with Gasteiger partial charge in [-0.05, 0) is 54.8 Å². The molecule has 0 amide bonds. The van der Waals surface area contributed by atoms with Crippen molar-refractivity contribution in [1.29, 1.82) is 0 Å². The fourth-order valence-electron chi connectivity index (χ4n) is 3.44. The Kier molecular flexibility index (Phi) is 5.48. The van der Waals surface area contributed by atoms with E-state index in [1.165, 1.54) is 12.8 Å². The maximum Gasteiger partial charge on any atom is 0.154 e. The van der Waals surface area contributed by atoms with Crippen molar-refractivity contribution in [2.45, 2.75) is 12.8 Å². The number of halogens is 1. The molecule has 0 unspecified atom stereocenters. The fourth-order valence-corrected chi connectivity index (χ4v) is 3.80. The second kappa shape index (κ2) is 8.19. The minimum atomic E-state index is 0.693. The Balaban J connectivity index is 1.75. The standard InChI is InChI=1S/C22H22BrN3O2/c1-27-17-11-15(12-18(14-17)28-2)5-8-21-24-20-7-6-16(23)13-19(20)22(25-21)26-9-3-4-10-26/h5-8,11-14H,3-4,9-10H2,1-2H3/b8-5+. The molecular formula is C22H22BrN3O2. The SMILES string of the molecule is COc1cc(/C=C/c2nc(N3CCCC3)c3cc(Br)ccc3n2)cc(OC)c1. The number of fused-ring (bicyclic) bond motifs is 1. The van der Waals surface area contributed by atoms with Crippen LogP contribution in [-0.2, 0) is 0 Å². The number of hydrogen-bond acceptors (Lipinski definition) is 5. The predicted octanol–water partition coefficient (Wildman–Crippen LogP) is 5.18. The molecule has 0 saturated carbocycles. The normalized spacial score (nSPS) is 14.2. The van der Waals surface area contributed by atoms with Crippen molar-refractivity contribution in [2.75, 3.05) is 32.2 Å². The molecule has 1 saturated heterocycles. The molecule has 3 aromatic rings. The lowest BCUT2D eigenvalue weighted by molar-refractivity contribution is 0.394. The van der Waals surface area contributed by atoms with Crippen LogP contribution in [0.2, 0.25) is 0 Å². The van der Waals surface area contributed by atoms with Crippen molar-refractivity contribution in [3.05, 3.63) is 52.3 Å². The minimum Gasteiger partial charge on any atom is -0.497 e. The molecule has 0 spiro atoms. The van der Waals surface area contributed by atoms with Crippen LogP contribution < -0.4 is 14.4 Å². The highest BCUT2D eigenvalue weighted by Gasteiger charge is 2.18. The maximum atomic E-state index is 5.35.